The van der Waals surface area contributed by atoms with Crippen molar-refractivity contribution in [1.82, 2.24) is 15.5 Å². The number of nitrogens with one attached hydrogen (secondary N) is 1. The van der Waals surface area contributed by atoms with Crippen LogP contribution >= 0.6 is 0 Å². The van der Waals surface area contributed by atoms with Gasteiger partial charge in [0.15, 0.2) is 15.7 Å². The molecule has 1 aliphatic heterocycles. The lowest BCUT2D eigenvalue weighted by Gasteiger charge is -2.20. The second-order valence-corrected chi connectivity index (χ2v) is 5.84. The Morgan fingerprint density at radius 2 is 2.38 bits per heavy atom. The van der Waals surface area contributed by atoms with Crippen molar-refractivity contribution in [3.05, 3.63) is 11.7 Å². The van der Waals surface area contributed by atoms with E-state index < -0.39 is 9.84 Å². The van der Waals surface area contributed by atoms with Crippen LogP contribution in [-0.4, -0.2) is 44.6 Å². The molecule has 0 saturated carbocycles. The minimum absolute atomic E-state index is 0.116. The minimum Gasteiger partial charge on any atom is -0.378 e. The minimum atomic E-state index is -3.14. The molecule has 0 radical (unpaired) electrons. The van der Waals surface area contributed by atoms with Crippen molar-refractivity contribution < 1.29 is 17.7 Å². The van der Waals surface area contributed by atoms with E-state index in [1.807, 2.05) is 0 Å². The van der Waals surface area contributed by atoms with Gasteiger partial charge in [0.05, 0.1) is 19.3 Å². The first-order valence-corrected chi connectivity index (χ1v) is 6.92. The van der Waals surface area contributed by atoms with Crippen molar-refractivity contribution >= 4 is 9.84 Å². The molecule has 1 N–H and O–H groups in total. The Morgan fingerprint density at radius 3 is 3.00 bits per heavy atom. The van der Waals surface area contributed by atoms with Gasteiger partial charge in [0, 0.05) is 12.8 Å². The summed E-state index contributed by atoms with van der Waals surface area (Å²) < 4.78 is 32.1. The highest BCUT2D eigenvalue weighted by Gasteiger charge is 2.21. The molecule has 0 spiro atoms. The SMILES string of the molecule is CS(=O)(=O)Cc1nc(C2COCCN2)no1. The maximum absolute atomic E-state index is 11.0. The van der Waals surface area contributed by atoms with Gasteiger partial charge in [-0.2, -0.15) is 4.98 Å². The summed E-state index contributed by atoms with van der Waals surface area (Å²) in [6.07, 6.45) is 1.12. The van der Waals surface area contributed by atoms with Crippen LogP contribution in [0, 0.1) is 0 Å². The highest BCUT2D eigenvalue weighted by Crippen LogP contribution is 2.13. The zero-order valence-corrected chi connectivity index (χ0v) is 9.66. The third kappa shape index (κ3) is 3.00. The van der Waals surface area contributed by atoms with E-state index in [2.05, 4.69) is 15.5 Å². The lowest BCUT2D eigenvalue weighted by Crippen LogP contribution is -2.35. The van der Waals surface area contributed by atoms with E-state index in [0.717, 1.165) is 12.8 Å². The number of ether oxygens (including phenoxy) is 1. The van der Waals surface area contributed by atoms with E-state index in [-0.39, 0.29) is 17.7 Å². The number of aromatic nitrogens is 2. The van der Waals surface area contributed by atoms with Gasteiger partial charge in [-0.25, -0.2) is 8.42 Å². The van der Waals surface area contributed by atoms with Gasteiger partial charge in [-0.15, -0.1) is 0 Å². The highest BCUT2D eigenvalue weighted by atomic mass is 32.2. The van der Waals surface area contributed by atoms with Crippen molar-refractivity contribution in [2.45, 2.75) is 11.8 Å². The number of hydrogen-bond donors (Lipinski definition) is 1. The van der Waals surface area contributed by atoms with E-state index >= 15 is 0 Å². The van der Waals surface area contributed by atoms with Crippen LogP contribution in [0.5, 0.6) is 0 Å². The summed E-state index contributed by atoms with van der Waals surface area (Å²) in [5.41, 5.74) is 0. The first kappa shape index (κ1) is 11.5. The second kappa shape index (κ2) is 4.48. The van der Waals surface area contributed by atoms with Gasteiger partial charge in [-0.3, -0.25) is 0 Å². The Kier molecular flexibility index (Phi) is 3.22. The summed E-state index contributed by atoms with van der Waals surface area (Å²) in [5.74, 6) is 0.330. The Labute approximate surface area is 93.1 Å². The second-order valence-electron chi connectivity index (χ2n) is 3.70. The molecule has 16 heavy (non-hydrogen) atoms. The normalized spacial score (nSPS) is 22.2. The number of rotatable bonds is 3. The summed E-state index contributed by atoms with van der Waals surface area (Å²) in [6, 6.07) is -0.120. The molecule has 1 saturated heterocycles. The lowest BCUT2D eigenvalue weighted by atomic mass is 10.3. The van der Waals surface area contributed by atoms with Crippen molar-refractivity contribution in [2.24, 2.45) is 0 Å². The molecule has 0 aromatic carbocycles. The number of nitrogens with zero attached hydrogens (tertiary/aromatic N) is 2. The van der Waals surface area contributed by atoms with Gasteiger partial charge < -0.3 is 14.6 Å². The molecule has 1 atom stereocenters. The van der Waals surface area contributed by atoms with Crippen molar-refractivity contribution in [3.8, 4) is 0 Å². The Morgan fingerprint density at radius 1 is 1.56 bits per heavy atom. The van der Waals surface area contributed by atoms with Crippen LogP contribution in [0.2, 0.25) is 0 Å². The molecule has 90 valence electrons. The van der Waals surface area contributed by atoms with E-state index in [4.69, 9.17) is 9.26 Å². The van der Waals surface area contributed by atoms with Gasteiger partial charge in [0.25, 0.3) is 0 Å². The molecule has 0 aliphatic carbocycles. The van der Waals surface area contributed by atoms with E-state index in [9.17, 15) is 8.42 Å². The van der Waals surface area contributed by atoms with Crippen molar-refractivity contribution in [3.63, 3.8) is 0 Å². The van der Waals surface area contributed by atoms with Gasteiger partial charge in [0.2, 0.25) is 5.89 Å². The largest absolute Gasteiger partial charge is 0.378 e. The summed E-state index contributed by atoms with van der Waals surface area (Å²) in [4.78, 5) is 4.02. The molecule has 2 rings (SSSR count). The fraction of sp³-hybridized carbons (Fsp3) is 0.750. The molecule has 1 aromatic heterocycles. The Balaban J connectivity index is 2.06. The zero-order chi connectivity index (χ0) is 11.6. The average Bonchev–Trinajstić information content (AvgIpc) is 2.65. The highest BCUT2D eigenvalue weighted by molar-refractivity contribution is 7.89. The summed E-state index contributed by atoms with van der Waals surface area (Å²) in [5, 5.41) is 6.88. The van der Waals surface area contributed by atoms with Crippen LogP contribution in [0.4, 0.5) is 0 Å². The molecule has 2 heterocycles. The van der Waals surface area contributed by atoms with Crippen LogP contribution in [-0.2, 0) is 20.3 Å². The van der Waals surface area contributed by atoms with E-state index in [1.165, 1.54) is 0 Å². The van der Waals surface area contributed by atoms with Crippen molar-refractivity contribution in [1.29, 1.82) is 0 Å². The van der Waals surface area contributed by atoms with Gasteiger partial charge in [-0.05, 0) is 0 Å². The first-order valence-electron chi connectivity index (χ1n) is 4.86. The summed E-state index contributed by atoms with van der Waals surface area (Å²) >= 11 is 0. The molecular formula is C8H13N3O4S. The lowest BCUT2D eigenvalue weighted by molar-refractivity contribution is 0.0734. The summed E-state index contributed by atoms with van der Waals surface area (Å²) in [6.45, 7) is 1.85. The number of sulfone groups is 1. The standard InChI is InChI=1S/C8H13N3O4S/c1-16(12,13)5-7-10-8(11-15-7)6-4-14-3-2-9-6/h6,9H,2-5H2,1H3. The fourth-order valence-electron chi connectivity index (χ4n) is 1.42. The van der Waals surface area contributed by atoms with E-state index in [0.29, 0.717) is 19.0 Å². The average molecular weight is 247 g/mol. The number of morpholine rings is 1. The van der Waals surface area contributed by atoms with Crippen LogP contribution in [0.3, 0.4) is 0 Å². The van der Waals surface area contributed by atoms with Gasteiger partial charge in [0.1, 0.15) is 5.75 Å². The number of hydrogen-bond acceptors (Lipinski definition) is 7. The third-order valence-electron chi connectivity index (χ3n) is 2.10. The predicted octanol–water partition coefficient (Wildman–Crippen LogP) is -0.725. The van der Waals surface area contributed by atoms with Crippen LogP contribution in [0.1, 0.15) is 17.8 Å². The summed E-state index contributed by atoms with van der Waals surface area (Å²) in [7, 11) is -3.14. The molecule has 1 aliphatic rings. The van der Waals surface area contributed by atoms with Gasteiger partial charge >= 0.3 is 0 Å². The van der Waals surface area contributed by atoms with Crippen molar-refractivity contribution in [2.75, 3.05) is 26.0 Å². The Bertz CT molecular complexity index is 450. The smallest absolute Gasteiger partial charge is 0.241 e. The van der Waals surface area contributed by atoms with Crippen LogP contribution in [0.15, 0.2) is 4.52 Å². The molecular weight excluding hydrogens is 234 g/mol. The molecule has 1 aromatic rings. The molecule has 1 fully saturated rings. The monoisotopic (exact) mass is 247 g/mol. The maximum atomic E-state index is 11.0. The van der Waals surface area contributed by atoms with Crippen LogP contribution in [0.25, 0.3) is 0 Å². The molecule has 8 heteroatoms. The first-order chi connectivity index (χ1) is 7.54. The Hall–Kier alpha value is -0.990. The topological polar surface area (TPSA) is 94.3 Å². The molecule has 1 unspecified atom stereocenters. The maximum Gasteiger partial charge on any atom is 0.241 e. The quantitative estimate of drug-likeness (QED) is 0.752. The zero-order valence-electron chi connectivity index (χ0n) is 8.84. The fourth-order valence-corrected chi connectivity index (χ4v) is 1.99. The van der Waals surface area contributed by atoms with E-state index in [1.54, 1.807) is 0 Å². The molecule has 0 amide bonds. The van der Waals surface area contributed by atoms with Gasteiger partial charge in [-0.1, -0.05) is 5.16 Å². The molecule has 7 nitrogen and oxygen atoms in total. The van der Waals surface area contributed by atoms with Crippen LogP contribution < -0.4 is 5.32 Å². The molecule has 0 bridgehead atoms. The predicted molar refractivity (Wildman–Crippen MR) is 54.4 cm³/mol. The third-order valence-corrected chi connectivity index (χ3v) is 2.87.